The van der Waals surface area contributed by atoms with E-state index in [1.807, 2.05) is 11.6 Å². The van der Waals surface area contributed by atoms with Gasteiger partial charge >= 0.3 is 6.18 Å². The van der Waals surface area contributed by atoms with E-state index in [2.05, 4.69) is 31.0 Å². The summed E-state index contributed by atoms with van der Waals surface area (Å²) < 4.78 is 42.7. The maximum atomic E-state index is 13.0. The van der Waals surface area contributed by atoms with E-state index >= 15 is 0 Å². The fourth-order valence-corrected chi connectivity index (χ4v) is 2.90. The van der Waals surface area contributed by atoms with E-state index in [4.69, 9.17) is 0 Å². The number of fused-ring (bicyclic) bond motifs is 1. The minimum absolute atomic E-state index is 0.0319. The first kappa shape index (κ1) is 16.7. The molecule has 0 amide bonds. The molecule has 3 aromatic heterocycles. The zero-order valence-corrected chi connectivity index (χ0v) is 14.6. The Hall–Kier alpha value is -2.16. The van der Waals surface area contributed by atoms with Crippen LogP contribution >= 0.6 is 15.9 Å². The summed E-state index contributed by atoms with van der Waals surface area (Å²) in [5.74, 6) is 0.694. The molecule has 3 aromatic rings. The second-order valence-corrected chi connectivity index (χ2v) is 6.21. The van der Waals surface area contributed by atoms with Crippen molar-refractivity contribution in [1.29, 1.82) is 0 Å². The van der Waals surface area contributed by atoms with Crippen molar-refractivity contribution in [2.24, 2.45) is 7.05 Å². The lowest BCUT2D eigenvalue weighted by molar-refractivity contribution is -0.141. The molecule has 9 heteroatoms. The third-order valence-corrected chi connectivity index (χ3v) is 3.95. The molecule has 0 spiro atoms. The van der Waals surface area contributed by atoms with E-state index in [-0.39, 0.29) is 11.3 Å². The minimum atomic E-state index is -4.50. The van der Waals surface area contributed by atoms with Gasteiger partial charge in [0.15, 0.2) is 11.3 Å². The molecule has 0 fully saturated rings. The van der Waals surface area contributed by atoms with Gasteiger partial charge in [0.05, 0.1) is 11.4 Å². The van der Waals surface area contributed by atoms with Crippen molar-refractivity contribution < 1.29 is 13.2 Å². The smallest absolute Gasteiger partial charge is 0.333 e. The lowest BCUT2D eigenvalue weighted by Crippen LogP contribution is -2.08. The van der Waals surface area contributed by atoms with Crippen LogP contribution in [0.5, 0.6) is 0 Å². The molecule has 0 atom stereocenters. The third kappa shape index (κ3) is 2.95. The Bertz CT molecular complexity index is 952. The Morgan fingerprint density at radius 2 is 1.88 bits per heavy atom. The van der Waals surface area contributed by atoms with Gasteiger partial charge in [0.1, 0.15) is 10.4 Å². The molecule has 0 N–H and O–H groups in total. The van der Waals surface area contributed by atoms with E-state index in [0.29, 0.717) is 21.7 Å². The van der Waals surface area contributed by atoms with E-state index in [1.54, 1.807) is 31.3 Å². The highest BCUT2D eigenvalue weighted by atomic mass is 79.9. The van der Waals surface area contributed by atoms with Gasteiger partial charge in [-0.1, -0.05) is 0 Å². The standard InChI is InChI=1S/C15H13BrF3N5/c1-8-6-10(4-5-12-20-11(16)7-23(12)3)22-24-9(2)13(15(17,18)19)21-14(8)24/h4-7H,1-3H3/b5-4+. The highest BCUT2D eigenvalue weighted by molar-refractivity contribution is 9.10. The number of rotatable bonds is 2. The maximum absolute atomic E-state index is 13.0. The fourth-order valence-electron chi connectivity index (χ4n) is 2.41. The Labute approximate surface area is 144 Å². The van der Waals surface area contributed by atoms with E-state index in [9.17, 15) is 13.2 Å². The number of alkyl halides is 3. The predicted molar refractivity (Wildman–Crippen MR) is 87.3 cm³/mol. The van der Waals surface area contributed by atoms with E-state index in [0.717, 1.165) is 0 Å². The van der Waals surface area contributed by atoms with Gasteiger partial charge in [-0.15, -0.1) is 0 Å². The predicted octanol–water partition coefficient (Wildman–Crippen LogP) is 4.03. The number of hydrogen-bond donors (Lipinski definition) is 0. The van der Waals surface area contributed by atoms with Crippen molar-refractivity contribution in [2.75, 3.05) is 0 Å². The van der Waals surface area contributed by atoms with Crippen LogP contribution in [0.3, 0.4) is 0 Å². The summed E-state index contributed by atoms with van der Waals surface area (Å²) in [5, 5.41) is 4.24. The van der Waals surface area contributed by atoms with Crippen molar-refractivity contribution in [3.8, 4) is 0 Å². The van der Waals surface area contributed by atoms with Gasteiger partial charge in [0.2, 0.25) is 0 Å². The van der Waals surface area contributed by atoms with Crippen LogP contribution in [-0.4, -0.2) is 24.1 Å². The first-order valence-corrected chi connectivity index (χ1v) is 7.77. The lowest BCUT2D eigenvalue weighted by Gasteiger charge is -2.03. The average Bonchev–Trinajstić information content (AvgIpc) is 2.97. The maximum Gasteiger partial charge on any atom is 0.435 e. The zero-order chi connectivity index (χ0) is 17.6. The second kappa shape index (κ2) is 5.73. The first-order chi connectivity index (χ1) is 11.2. The van der Waals surface area contributed by atoms with Crippen LogP contribution in [0, 0.1) is 13.8 Å². The van der Waals surface area contributed by atoms with Crippen LogP contribution in [0.2, 0.25) is 0 Å². The largest absolute Gasteiger partial charge is 0.435 e. The zero-order valence-electron chi connectivity index (χ0n) is 13.1. The number of aromatic nitrogens is 5. The normalized spacial score (nSPS) is 12.6. The molecule has 0 unspecified atom stereocenters. The summed E-state index contributed by atoms with van der Waals surface area (Å²) in [4.78, 5) is 7.95. The van der Waals surface area contributed by atoms with Gasteiger partial charge in [-0.25, -0.2) is 14.5 Å². The molecule has 3 heterocycles. The highest BCUT2D eigenvalue weighted by Gasteiger charge is 2.37. The van der Waals surface area contributed by atoms with Gasteiger partial charge in [-0.3, -0.25) is 0 Å². The molecule has 0 radical (unpaired) electrons. The molecule has 0 aliphatic rings. The van der Waals surface area contributed by atoms with Crippen LogP contribution in [-0.2, 0) is 13.2 Å². The van der Waals surface area contributed by atoms with Crippen molar-refractivity contribution in [2.45, 2.75) is 20.0 Å². The van der Waals surface area contributed by atoms with Crippen LogP contribution < -0.4 is 0 Å². The summed E-state index contributed by atoms with van der Waals surface area (Å²) in [6.45, 7) is 3.07. The average molecular weight is 400 g/mol. The Morgan fingerprint density at radius 1 is 1.17 bits per heavy atom. The molecule has 24 heavy (non-hydrogen) atoms. The number of imidazole rings is 2. The molecule has 0 bridgehead atoms. The van der Waals surface area contributed by atoms with Gasteiger partial charge in [-0.05, 0) is 53.6 Å². The van der Waals surface area contributed by atoms with Crippen LogP contribution in [0.15, 0.2) is 16.9 Å². The Balaban J connectivity index is 2.07. The lowest BCUT2D eigenvalue weighted by atomic mass is 10.2. The number of hydrogen-bond acceptors (Lipinski definition) is 3. The third-order valence-electron chi connectivity index (χ3n) is 3.57. The summed E-state index contributed by atoms with van der Waals surface area (Å²) >= 11 is 3.28. The molecule has 0 aromatic carbocycles. The van der Waals surface area contributed by atoms with Gasteiger partial charge in [0, 0.05) is 13.2 Å². The molecular weight excluding hydrogens is 387 g/mol. The fraction of sp³-hybridized carbons (Fsp3) is 0.267. The van der Waals surface area contributed by atoms with Gasteiger partial charge < -0.3 is 4.57 Å². The minimum Gasteiger partial charge on any atom is -0.333 e. The summed E-state index contributed by atoms with van der Waals surface area (Å²) in [6.07, 6.45) is 0.750. The first-order valence-electron chi connectivity index (χ1n) is 6.98. The molecule has 3 rings (SSSR count). The molecule has 0 saturated heterocycles. The topological polar surface area (TPSA) is 48.0 Å². The molecule has 126 valence electrons. The quantitative estimate of drug-likeness (QED) is 0.653. The summed E-state index contributed by atoms with van der Waals surface area (Å²) in [5.41, 5.74) is 0.400. The monoisotopic (exact) mass is 399 g/mol. The van der Waals surface area contributed by atoms with Crippen LogP contribution in [0.4, 0.5) is 13.2 Å². The van der Waals surface area contributed by atoms with Crippen molar-refractivity contribution >= 4 is 33.7 Å². The number of nitrogens with zero attached hydrogens (tertiary/aromatic N) is 5. The van der Waals surface area contributed by atoms with E-state index in [1.165, 1.54) is 11.4 Å². The van der Waals surface area contributed by atoms with Crippen molar-refractivity contribution in [3.05, 3.63) is 45.3 Å². The highest BCUT2D eigenvalue weighted by Crippen LogP contribution is 2.31. The van der Waals surface area contributed by atoms with E-state index < -0.39 is 11.9 Å². The SMILES string of the molecule is Cc1cc(/C=C/c2nc(Br)cn2C)nn2c(C)c(C(F)(F)F)nc12. The molecule has 0 aliphatic heterocycles. The number of aryl methyl sites for hydroxylation is 3. The van der Waals surface area contributed by atoms with Gasteiger partial charge in [0.25, 0.3) is 0 Å². The summed E-state index contributed by atoms with van der Waals surface area (Å²) in [6, 6.07) is 1.69. The van der Waals surface area contributed by atoms with Crippen molar-refractivity contribution in [3.63, 3.8) is 0 Å². The molecule has 5 nitrogen and oxygen atoms in total. The second-order valence-electron chi connectivity index (χ2n) is 5.40. The summed E-state index contributed by atoms with van der Waals surface area (Å²) in [7, 11) is 1.84. The Kier molecular flexibility index (Phi) is 3.98. The van der Waals surface area contributed by atoms with Crippen LogP contribution in [0.25, 0.3) is 17.8 Å². The number of halogens is 4. The molecular formula is C15H13BrF3N5. The molecule has 0 aliphatic carbocycles. The molecule has 0 saturated carbocycles. The van der Waals surface area contributed by atoms with Crippen molar-refractivity contribution in [1.82, 2.24) is 24.1 Å². The Morgan fingerprint density at radius 3 is 2.46 bits per heavy atom. The van der Waals surface area contributed by atoms with Gasteiger partial charge in [-0.2, -0.15) is 18.3 Å². The van der Waals surface area contributed by atoms with Crippen LogP contribution in [0.1, 0.15) is 28.5 Å².